The van der Waals surface area contributed by atoms with Gasteiger partial charge in [0.15, 0.2) is 11.5 Å². The number of guanidine groups is 1. The zero-order valence-corrected chi connectivity index (χ0v) is 12.2. The number of hydrogen-bond acceptors (Lipinski definition) is 4. The highest BCUT2D eigenvalue weighted by molar-refractivity contribution is 6.07. The van der Waals surface area contributed by atoms with Crippen LogP contribution in [0, 0.1) is 0 Å². The van der Waals surface area contributed by atoms with E-state index in [0.717, 1.165) is 16.9 Å². The molecule has 0 unspecified atom stereocenters. The third-order valence-corrected chi connectivity index (χ3v) is 3.80. The molecule has 0 spiro atoms. The minimum absolute atomic E-state index is 0.155. The molecule has 0 fully saturated rings. The first kappa shape index (κ1) is 14.1. The second kappa shape index (κ2) is 5.52. The summed E-state index contributed by atoms with van der Waals surface area (Å²) < 4.78 is 5.16. The number of carbonyl (C=O) groups is 1. The normalized spacial score (nSPS) is 20.4. The van der Waals surface area contributed by atoms with Crippen molar-refractivity contribution in [2.45, 2.75) is 12.0 Å². The van der Waals surface area contributed by atoms with Gasteiger partial charge in [0, 0.05) is 6.42 Å². The van der Waals surface area contributed by atoms with Gasteiger partial charge in [-0.3, -0.25) is 10.1 Å². The number of aliphatic imine (C=N–C) groups is 1. The van der Waals surface area contributed by atoms with E-state index in [2.05, 4.69) is 10.3 Å². The van der Waals surface area contributed by atoms with Gasteiger partial charge in [0.25, 0.3) is 5.91 Å². The number of benzene rings is 2. The van der Waals surface area contributed by atoms with Crippen LogP contribution in [0.1, 0.15) is 11.1 Å². The molecule has 2 aromatic carbocycles. The van der Waals surface area contributed by atoms with Crippen molar-refractivity contribution in [2.75, 3.05) is 7.11 Å². The second-order valence-corrected chi connectivity index (χ2v) is 5.20. The summed E-state index contributed by atoms with van der Waals surface area (Å²) in [5, 5.41) is 2.61. The van der Waals surface area contributed by atoms with Crippen LogP contribution in [0.3, 0.4) is 0 Å². The summed E-state index contributed by atoms with van der Waals surface area (Å²) in [4.78, 5) is 16.9. The fourth-order valence-corrected chi connectivity index (χ4v) is 2.67. The molecular formula is C17H17N3O2. The van der Waals surface area contributed by atoms with Crippen molar-refractivity contribution in [1.82, 2.24) is 5.32 Å². The molecule has 1 atom stereocenters. The molecule has 0 saturated carbocycles. The predicted octanol–water partition coefficient (Wildman–Crippen LogP) is 1.58. The highest BCUT2D eigenvalue weighted by Crippen LogP contribution is 2.33. The van der Waals surface area contributed by atoms with E-state index in [0.29, 0.717) is 6.42 Å². The molecule has 2 aromatic rings. The van der Waals surface area contributed by atoms with Crippen LogP contribution >= 0.6 is 0 Å². The summed E-state index contributed by atoms with van der Waals surface area (Å²) in [5.74, 6) is 0.728. The van der Waals surface area contributed by atoms with Crippen LogP contribution in [0.2, 0.25) is 0 Å². The molecule has 22 heavy (non-hydrogen) atoms. The Morgan fingerprint density at radius 3 is 2.36 bits per heavy atom. The van der Waals surface area contributed by atoms with Gasteiger partial charge in [0.1, 0.15) is 5.75 Å². The standard InChI is InChI=1S/C17H17N3O2/c1-22-14-9-7-12(8-10-14)11-17(13-5-3-2-4-6-13)15(21)19-16(18)20-17/h2-10H,11H2,1H3,(H3,18,19,20,21)/t17-/m1/s1. The fraction of sp³-hybridized carbons (Fsp3) is 0.176. The Kier molecular flexibility index (Phi) is 3.55. The summed E-state index contributed by atoms with van der Waals surface area (Å²) in [5.41, 5.74) is 6.53. The number of nitrogens with one attached hydrogen (secondary N) is 1. The third kappa shape index (κ3) is 2.41. The second-order valence-electron chi connectivity index (χ2n) is 5.20. The Bertz CT molecular complexity index is 710. The molecule has 1 heterocycles. The van der Waals surface area contributed by atoms with Crippen LogP contribution in [0.5, 0.6) is 5.75 Å². The van der Waals surface area contributed by atoms with Crippen molar-refractivity contribution in [3.05, 3.63) is 65.7 Å². The minimum Gasteiger partial charge on any atom is -0.497 e. The largest absolute Gasteiger partial charge is 0.497 e. The molecule has 1 aliphatic heterocycles. The highest BCUT2D eigenvalue weighted by atomic mass is 16.5. The van der Waals surface area contributed by atoms with Crippen molar-refractivity contribution in [2.24, 2.45) is 10.7 Å². The van der Waals surface area contributed by atoms with Crippen molar-refractivity contribution in [1.29, 1.82) is 0 Å². The van der Waals surface area contributed by atoms with Crippen molar-refractivity contribution < 1.29 is 9.53 Å². The lowest BCUT2D eigenvalue weighted by Gasteiger charge is -2.24. The molecule has 5 heteroatoms. The van der Waals surface area contributed by atoms with Crippen LogP contribution in [0.4, 0.5) is 0 Å². The van der Waals surface area contributed by atoms with Crippen LogP contribution in [0.25, 0.3) is 0 Å². The van der Waals surface area contributed by atoms with E-state index in [1.807, 2.05) is 54.6 Å². The van der Waals surface area contributed by atoms with Gasteiger partial charge in [0.05, 0.1) is 7.11 Å². The summed E-state index contributed by atoms with van der Waals surface area (Å²) in [6.45, 7) is 0. The Morgan fingerprint density at radius 1 is 1.14 bits per heavy atom. The summed E-state index contributed by atoms with van der Waals surface area (Å²) in [6.07, 6.45) is 0.438. The maximum Gasteiger partial charge on any atom is 0.259 e. The lowest BCUT2D eigenvalue weighted by molar-refractivity contribution is -0.124. The average Bonchev–Trinajstić information content (AvgIpc) is 2.84. The van der Waals surface area contributed by atoms with Gasteiger partial charge in [-0.05, 0) is 23.3 Å². The van der Waals surface area contributed by atoms with E-state index in [1.54, 1.807) is 7.11 Å². The Labute approximate surface area is 128 Å². The van der Waals surface area contributed by atoms with E-state index < -0.39 is 5.54 Å². The zero-order valence-electron chi connectivity index (χ0n) is 12.2. The maximum atomic E-state index is 12.5. The van der Waals surface area contributed by atoms with E-state index in [1.165, 1.54) is 0 Å². The number of amides is 1. The number of carbonyl (C=O) groups excluding carboxylic acids is 1. The summed E-state index contributed by atoms with van der Waals surface area (Å²) in [7, 11) is 1.62. The molecule has 3 rings (SSSR count). The van der Waals surface area contributed by atoms with Gasteiger partial charge >= 0.3 is 0 Å². The smallest absolute Gasteiger partial charge is 0.259 e. The molecule has 0 aliphatic carbocycles. The molecule has 1 amide bonds. The molecule has 3 N–H and O–H groups in total. The lowest BCUT2D eigenvalue weighted by atomic mass is 9.84. The van der Waals surface area contributed by atoms with Crippen LogP contribution in [0.15, 0.2) is 59.6 Å². The monoisotopic (exact) mass is 295 g/mol. The number of methoxy groups -OCH3 is 1. The summed E-state index contributed by atoms with van der Waals surface area (Å²) in [6, 6.07) is 17.1. The number of ether oxygens (including phenoxy) is 1. The zero-order chi connectivity index (χ0) is 15.6. The minimum atomic E-state index is -1.01. The average molecular weight is 295 g/mol. The summed E-state index contributed by atoms with van der Waals surface area (Å²) >= 11 is 0. The molecule has 0 aromatic heterocycles. The fourth-order valence-electron chi connectivity index (χ4n) is 2.67. The molecule has 1 aliphatic rings. The molecule has 5 nitrogen and oxygen atoms in total. The Hall–Kier alpha value is -2.82. The number of nitrogens with two attached hydrogens (primary N) is 1. The van der Waals surface area contributed by atoms with E-state index in [9.17, 15) is 4.79 Å². The first-order valence-corrected chi connectivity index (χ1v) is 6.99. The van der Waals surface area contributed by atoms with Crippen molar-refractivity contribution in [3.8, 4) is 5.75 Å². The molecule has 0 radical (unpaired) electrons. The van der Waals surface area contributed by atoms with E-state index >= 15 is 0 Å². The molecular weight excluding hydrogens is 278 g/mol. The van der Waals surface area contributed by atoms with Crippen LogP contribution < -0.4 is 15.8 Å². The maximum absolute atomic E-state index is 12.5. The Morgan fingerprint density at radius 2 is 1.82 bits per heavy atom. The first-order valence-electron chi connectivity index (χ1n) is 6.99. The van der Waals surface area contributed by atoms with Crippen molar-refractivity contribution in [3.63, 3.8) is 0 Å². The molecule has 0 bridgehead atoms. The first-order chi connectivity index (χ1) is 10.6. The van der Waals surface area contributed by atoms with Gasteiger partial charge in [-0.2, -0.15) is 0 Å². The highest BCUT2D eigenvalue weighted by Gasteiger charge is 2.44. The van der Waals surface area contributed by atoms with Crippen molar-refractivity contribution >= 4 is 11.9 Å². The van der Waals surface area contributed by atoms with E-state index in [4.69, 9.17) is 10.5 Å². The quantitative estimate of drug-likeness (QED) is 0.899. The lowest BCUT2D eigenvalue weighted by Crippen LogP contribution is -2.40. The van der Waals surface area contributed by atoms with Gasteiger partial charge in [-0.25, -0.2) is 4.99 Å². The Balaban J connectivity index is 2.01. The van der Waals surface area contributed by atoms with Crippen LogP contribution in [-0.4, -0.2) is 19.0 Å². The SMILES string of the molecule is COc1ccc(C[C@]2(c3ccccc3)N=C(N)NC2=O)cc1. The van der Waals surface area contributed by atoms with Crippen LogP contribution in [-0.2, 0) is 16.8 Å². The van der Waals surface area contributed by atoms with E-state index in [-0.39, 0.29) is 11.9 Å². The van der Waals surface area contributed by atoms with Gasteiger partial charge in [-0.15, -0.1) is 0 Å². The van der Waals surface area contributed by atoms with Gasteiger partial charge in [0.2, 0.25) is 0 Å². The number of nitrogens with zero attached hydrogens (tertiary/aromatic N) is 1. The third-order valence-electron chi connectivity index (χ3n) is 3.80. The number of hydrogen-bond donors (Lipinski definition) is 2. The predicted molar refractivity (Wildman–Crippen MR) is 84.6 cm³/mol. The van der Waals surface area contributed by atoms with Gasteiger partial charge in [-0.1, -0.05) is 42.5 Å². The molecule has 112 valence electrons. The number of rotatable bonds is 4. The molecule has 0 saturated heterocycles. The topological polar surface area (TPSA) is 76.7 Å². The van der Waals surface area contributed by atoms with Gasteiger partial charge < -0.3 is 10.5 Å².